The fourth-order valence-corrected chi connectivity index (χ4v) is 3.63. The second-order valence-electron chi connectivity index (χ2n) is 5.96. The number of thiophene rings is 1. The van der Waals surface area contributed by atoms with Crippen molar-refractivity contribution in [1.29, 1.82) is 0 Å². The van der Waals surface area contributed by atoms with E-state index in [1.54, 1.807) is 11.3 Å². The molecule has 2 heterocycles. The van der Waals surface area contributed by atoms with E-state index >= 15 is 0 Å². The Morgan fingerprint density at radius 3 is 2.77 bits per heavy atom. The predicted molar refractivity (Wildman–Crippen MR) is 91.8 cm³/mol. The van der Waals surface area contributed by atoms with E-state index < -0.39 is 0 Å². The minimum atomic E-state index is 0.171. The van der Waals surface area contributed by atoms with Gasteiger partial charge in [0, 0.05) is 12.5 Å². The number of piperidine rings is 1. The molecule has 0 spiro atoms. The van der Waals surface area contributed by atoms with Crippen molar-refractivity contribution in [3.8, 4) is 11.1 Å². The predicted octanol–water partition coefficient (Wildman–Crippen LogP) is 3.37. The summed E-state index contributed by atoms with van der Waals surface area (Å²) in [5.74, 6) is 0.373. The van der Waals surface area contributed by atoms with E-state index in [1.807, 2.05) is 6.07 Å². The van der Waals surface area contributed by atoms with Crippen LogP contribution in [-0.2, 0) is 11.3 Å². The highest BCUT2D eigenvalue weighted by Gasteiger charge is 2.23. The summed E-state index contributed by atoms with van der Waals surface area (Å²) in [5.41, 5.74) is 3.63. The molecule has 22 heavy (non-hydrogen) atoms. The lowest BCUT2D eigenvalue weighted by atomic mass is 9.96. The van der Waals surface area contributed by atoms with E-state index in [0.29, 0.717) is 6.54 Å². The number of carbonyl (C=O) groups excluding carboxylic acids is 1. The summed E-state index contributed by atoms with van der Waals surface area (Å²) in [5, 5.41) is 7.37. The molecule has 1 fully saturated rings. The molecule has 1 N–H and O–H groups in total. The summed E-state index contributed by atoms with van der Waals surface area (Å²) in [4.78, 5) is 14.6. The molecule has 1 saturated heterocycles. The number of nitrogens with zero attached hydrogens (tertiary/aromatic N) is 1. The van der Waals surface area contributed by atoms with Gasteiger partial charge in [-0.05, 0) is 66.5 Å². The van der Waals surface area contributed by atoms with E-state index in [9.17, 15) is 4.79 Å². The van der Waals surface area contributed by atoms with Crippen LogP contribution in [0, 0.1) is 5.92 Å². The fraction of sp³-hybridized carbons (Fsp3) is 0.389. The lowest BCUT2D eigenvalue weighted by Gasteiger charge is -2.28. The summed E-state index contributed by atoms with van der Waals surface area (Å²) in [6, 6.07) is 10.4. The van der Waals surface area contributed by atoms with Gasteiger partial charge in [0.25, 0.3) is 0 Å². The third-order valence-corrected chi connectivity index (χ3v) is 5.08. The first-order chi connectivity index (χ1) is 10.7. The van der Waals surface area contributed by atoms with Gasteiger partial charge in [0.15, 0.2) is 0 Å². The van der Waals surface area contributed by atoms with Crippen molar-refractivity contribution in [2.75, 3.05) is 20.1 Å². The Morgan fingerprint density at radius 2 is 2.05 bits per heavy atom. The molecule has 2 aromatic rings. The Labute approximate surface area is 136 Å². The van der Waals surface area contributed by atoms with Crippen LogP contribution in [0.1, 0.15) is 18.4 Å². The molecule has 4 heteroatoms. The second-order valence-corrected chi connectivity index (χ2v) is 6.74. The van der Waals surface area contributed by atoms with Crippen LogP contribution >= 0.6 is 11.3 Å². The maximum Gasteiger partial charge on any atom is 0.223 e. The van der Waals surface area contributed by atoms with Gasteiger partial charge in [-0.15, -0.1) is 0 Å². The van der Waals surface area contributed by atoms with Crippen LogP contribution in [0.25, 0.3) is 11.1 Å². The monoisotopic (exact) mass is 314 g/mol. The van der Waals surface area contributed by atoms with Crippen LogP contribution in [0.15, 0.2) is 41.1 Å². The van der Waals surface area contributed by atoms with Crippen molar-refractivity contribution in [3.63, 3.8) is 0 Å². The Kier molecular flexibility index (Phi) is 4.90. The molecule has 0 unspecified atom stereocenters. The number of amides is 1. The highest BCUT2D eigenvalue weighted by Crippen LogP contribution is 2.26. The molecule has 3 rings (SSSR count). The van der Waals surface area contributed by atoms with Gasteiger partial charge in [-0.3, -0.25) is 4.79 Å². The number of rotatable bonds is 4. The quantitative estimate of drug-likeness (QED) is 0.938. The number of benzene rings is 1. The van der Waals surface area contributed by atoms with Gasteiger partial charge in [-0.2, -0.15) is 11.3 Å². The van der Waals surface area contributed by atoms with Crippen LogP contribution < -0.4 is 5.32 Å². The number of hydrogen-bond donors (Lipinski definition) is 1. The molecule has 0 bridgehead atoms. The topological polar surface area (TPSA) is 32.3 Å². The summed E-state index contributed by atoms with van der Waals surface area (Å²) >= 11 is 1.70. The van der Waals surface area contributed by atoms with Gasteiger partial charge < -0.3 is 10.2 Å². The lowest BCUT2D eigenvalue weighted by Crippen LogP contribution is -2.38. The normalized spacial score (nSPS) is 16.6. The summed E-state index contributed by atoms with van der Waals surface area (Å²) in [7, 11) is 2.12. The first-order valence-electron chi connectivity index (χ1n) is 7.81. The molecule has 1 aliphatic heterocycles. The molecule has 0 saturated carbocycles. The summed E-state index contributed by atoms with van der Waals surface area (Å²) < 4.78 is 0. The molecule has 1 aromatic carbocycles. The molecule has 3 nitrogen and oxygen atoms in total. The Bertz CT molecular complexity index is 616. The van der Waals surface area contributed by atoms with Crippen LogP contribution in [-0.4, -0.2) is 30.9 Å². The molecular formula is C18H22N2OS. The maximum absolute atomic E-state index is 12.3. The third kappa shape index (κ3) is 3.57. The van der Waals surface area contributed by atoms with Crippen LogP contribution in [0.4, 0.5) is 0 Å². The Balaban J connectivity index is 1.63. The maximum atomic E-state index is 12.3. The fourth-order valence-electron chi connectivity index (χ4n) is 2.97. The molecule has 1 amide bonds. The van der Waals surface area contributed by atoms with E-state index in [1.165, 1.54) is 16.7 Å². The van der Waals surface area contributed by atoms with Crippen molar-refractivity contribution in [2.45, 2.75) is 19.4 Å². The third-order valence-electron chi connectivity index (χ3n) is 4.39. The number of carbonyl (C=O) groups is 1. The van der Waals surface area contributed by atoms with Crippen LogP contribution in [0.5, 0.6) is 0 Å². The lowest BCUT2D eigenvalue weighted by molar-refractivity contribution is -0.126. The van der Waals surface area contributed by atoms with Crippen molar-refractivity contribution in [1.82, 2.24) is 10.2 Å². The van der Waals surface area contributed by atoms with E-state index in [-0.39, 0.29) is 11.8 Å². The minimum Gasteiger partial charge on any atom is -0.352 e. The molecular weight excluding hydrogens is 292 g/mol. The summed E-state index contributed by atoms with van der Waals surface area (Å²) in [6.45, 7) is 2.64. The number of likely N-dealkylation sites (tertiary alicyclic amines) is 1. The zero-order chi connectivity index (χ0) is 15.4. The van der Waals surface area contributed by atoms with Crippen molar-refractivity contribution in [2.24, 2.45) is 5.92 Å². The molecule has 1 aromatic heterocycles. The SMILES string of the molecule is CN1CCC(C(=O)NCc2ccccc2-c2ccsc2)CC1. The molecule has 1 aliphatic rings. The first-order valence-corrected chi connectivity index (χ1v) is 8.75. The average molecular weight is 314 g/mol. The van der Waals surface area contributed by atoms with Gasteiger partial charge in [-0.1, -0.05) is 24.3 Å². The van der Waals surface area contributed by atoms with Crippen molar-refractivity contribution in [3.05, 3.63) is 46.7 Å². The Hall–Kier alpha value is -1.65. The summed E-state index contributed by atoms with van der Waals surface area (Å²) in [6.07, 6.45) is 1.93. The second kappa shape index (κ2) is 7.07. The van der Waals surface area contributed by atoms with Gasteiger partial charge in [0.2, 0.25) is 5.91 Å². The van der Waals surface area contributed by atoms with E-state index in [4.69, 9.17) is 0 Å². The van der Waals surface area contributed by atoms with Crippen LogP contribution in [0.3, 0.4) is 0 Å². The number of hydrogen-bond acceptors (Lipinski definition) is 3. The largest absolute Gasteiger partial charge is 0.352 e. The zero-order valence-corrected chi connectivity index (χ0v) is 13.7. The molecule has 116 valence electrons. The van der Waals surface area contributed by atoms with Crippen molar-refractivity contribution < 1.29 is 4.79 Å². The minimum absolute atomic E-state index is 0.171. The van der Waals surface area contributed by atoms with Gasteiger partial charge in [0.05, 0.1) is 0 Å². The van der Waals surface area contributed by atoms with E-state index in [0.717, 1.165) is 25.9 Å². The highest BCUT2D eigenvalue weighted by molar-refractivity contribution is 7.08. The molecule has 0 atom stereocenters. The van der Waals surface area contributed by atoms with Gasteiger partial charge in [-0.25, -0.2) is 0 Å². The Morgan fingerprint density at radius 1 is 1.27 bits per heavy atom. The zero-order valence-electron chi connectivity index (χ0n) is 12.9. The first kappa shape index (κ1) is 15.3. The smallest absolute Gasteiger partial charge is 0.223 e. The standard InChI is InChI=1S/C18H22N2OS/c1-20-9-6-14(7-10-20)18(21)19-12-15-4-2-3-5-17(15)16-8-11-22-13-16/h2-5,8,11,13-14H,6-7,9-10,12H2,1H3,(H,19,21). The van der Waals surface area contributed by atoms with Gasteiger partial charge >= 0.3 is 0 Å². The number of nitrogens with one attached hydrogen (secondary N) is 1. The van der Waals surface area contributed by atoms with Crippen LogP contribution in [0.2, 0.25) is 0 Å². The van der Waals surface area contributed by atoms with Crippen molar-refractivity contribution >= 4 is 17.2 Å². The molecule has 0 radical (unpaired) electrons. The average Bonchev–Trinajstić information content (AvgIpc) is 3.08. The molecule has 0 aliphatic carbocycles. The van der Waals surface area contributed by atoms with E-state index in [2.05, 4.69) is 52.3 Å². The van der Waals surface area contributed by atoms with Gasteiger partial charge in [0.1, 0.15) is 0 Å². The highest BCUT2D eigenvalue weighted by atomic mass is 32.1.